The first-order valence-corrected chi connectivity index (χ1v) is 5.35. The number of rotatable bonds is 4. The van der Waals surface area contributed by atoms with Gasteiger partial charge in [0, 0.05) is 0 Å². The van der Waals surface area contributed by atoms with Crippen molar-refractivity contribution < 1.29 is 4.74 Å². The van der Waals surface area contributed by atoms with Crippen LogP contribution < -0.4 is 4.74 Å². The van der Waals surface area contributed by atoms with Gasteiger partial charge in [-0.25, -0.2) is 0 Å². The van der Waals surface area contributed by atoms with E-state index in [9.17, 15) is 0 Å². The molecule has 1 aromatic carbocycles. The van der Waals surface area contributed by atoms with Crippen LogP contribution in [0.25, 0.3) is 0 Å². The Hall–Kier alpha value is -1.49. The maximum atomic E-state index is 8.99. The van der Waals surface area contributed by atoms with Gasteiger partial charge < -0.3 is 4.74 Å². The molecule has 0 aliphatic rings. The summed E-state index contributed by atoms with van der Waals surface area (Å²) in [5, 5.41) is 8.99. The van der Waals surface area contributed by atoms with E-state index in [1.807, 2.05) is 18.2 Å². The van der Waals surface area contributed by atoms with Crippen molar-refractivity contribution in [1.29, 1.82) is 5.26 Å². The Morgan fingerprint density at radius 1 is 1.40 bits per heavy atom. The molecule has 0 spiro atoms. The van der Waals surface area contributed by atoms with Gasteiger partial charge in [0.15, 0.2) is 0 Å². The fourth-order valence-corrected chi connectivity index (χ4v) is 1.33. The Morgan fingerprint density at radius 3 is 2.67 bits per heavy atom. The highest BCUT2D eigenvalue weighted by Crippen LogP contribution is 2.23. The van der Waals surface area contributed by atoms with Crippen LogP contribution in [0, 0.1) is 11.3 Å². The fraction of sp³-hybridized carbons (Fsp3) is 0.462. The minimum absolute atomic E-state index is 0.442. The van der Waals surface area contributed by atoms with Crippen LogP contribution in [0.4, 0.5) is 0 Å². The van der Waals surface area contributed by atoms with Crippen molar-refractivity contribution in [3.63, 3.8) is 0 Å². The molecule has 2 heteroatoms. The van der Waals surface area contributed by atoms with Crippen molar-refractivity contribution in [3.05, 3.63) is 29.3 Å². The summed E-state index contributed by atoms with van der Waals surface area (Å²) >= 11 is 0. The van der Waals surface area contributed by atoms with E-state index in [0.717, 1.165) is 6.42 Å². The lowest BCUT2D eigenvalue weighted by Gasteiger charge is -2.10. The zero-order valence-electron chi connectivity index (χ0n) is 9.58. The number of benzene rings is 1. The number of hydrogen-bond acceptors (Lipinski definition) is 2. The zero-order valence-corrected chi connectivity index (χ0v) is 9.58. The highest BCUT2D eigenvalue weighted by Gasteiger charge is 2.06. The smallest absolute Gasteiger partial charge is 0.137 e. The van der Waals surface area contributed by atoms with Crippen LogP contribution in [0.1, 0.15) is 44.2 Å². The molecule has 0 unspecified atom stereocenters. The van der Waals surface area contributed by atoms with Crippen LogP contribution in [0.3, 0.4) is 0 Å². The van der Waals surface area contributed by atoms with E-state index in [1.54, 1.807) is 0 Å². The first-order chi connectivity index (χ1) is 7.19. The first-order valence-electron chi connectivity index (χ1n) is 5.35. The highest BCUT2D eigenvalue weighted by molar-refractivity contribution is 5.46. The summed E-state index contributed by atoms with van der Waals surface area (Å²) in [7, 11) is 0. The molecule has 0 N–H and O–H groups in total. The van der Waals surface area contributed by atoms with E-state index in [-0.39, 0.29) is 0 Å². The van der Waals surface area contributed by atoms with Gasteiger partial charge in [-0.1, -0.05) is 26.8 Å². The van der Waals surface area contributed by atoms with Crippen LogP contribution >= 0.6 is 0 Å². The molecular weight excluding hydrogens is 186 g/mol. The number of nitriles is 1. The van der Waals surface area contributed by atoms with Gasteiger partial charge in [0.25, 0.3) is 0 Å². The molecule has 0 aromatic heterocycles. The molecule has 15 heavy (non-hydrogen) atoms. The van der Waals surface area contributed by atoms with Gasteiger partial charge >= 0.3 is 0 Å². The van der Waals surface area contributed by atoms with Gasteiger partial charge in [0.1, 0.15) is 11.8 Å². The Labute approximate surface area is 91.5 Å². The van der Waals surface area contributed by atoms with Crippen molar-refractivity contribution in [2.45, 2.75) is 33.1 Å². The average Bonchev–Trinajstić information content (AvgIpc) is 2.25. The van der Waals surface area contributed by atoms with E-state index in [0.29, 0.717) is 23.8 Å². The van der Waals surface area contributed by atoms with Crippen LogP contribution in [-0.4, -0.2) is 6.61 Å². The van der Waals surface area contributed by atoms with Gasteiger partial charge in [0.2, 0.25) is 0 Å². The molecule has 0 aliphatic carbocycles. The summed E-state index contributed by atoms with van der Waals surface area (Å²) in [6.45, 7) is 6.94. The maximum Gasteiger partial charge on any atom is 0.137 e. The van der Waals surface area contributed by atoms with Crippen LogP contribution in [0.2, 0.25) is 0 Å². The Morgan fingerprint density at radius 2 is 2.13 bits per heavy atom. The van der Waals surface area contributed by atoms with E-state index >= 15 is 0 Å². The minimum atomic E-state index is 0.442. The third-order valence-electron chi connectivity index (χ3n) is 2.25. The molecule has 0 bridgehead atoms. The Balaban J connectivity index is 2.95. The van der Waals surface area contributed by atoms with Gasteiger partial charge in [-0.05, 0) is 30.0 Å². The van der Waals surface area contributed by atoms with Crippen molar-refractivity contribution in [1.82, 2.24) is 0 Å². The second kappa shape index (κ2) is 5.41. The van der Waals surface area contributed by atoms with Crippen molar-refractivity contribution in [2.24, 2.45) is 0 Å². The maximum absolute atomic E-state index is 8.99. The van der Waals surface area contributed by atoms with Crippen LogP contribution in [0.5, 0.6) is 5.75 Å². The summed E-state index contributed by atoms with van der Waals surface area (Å²) < 4.78 is 5.49. The second-order valence-corrected chi connectivity index (χ2v) is 3.87. The van der Waals surface area contributed by atoms with E-state index in [1.165, 1.54) is 5.56 Å². The third kappa shape index (κ3) is 2.99. The molecule has 0 radical (unpaired) electrons. The monoisotopic (exact) mass is 203 g/mol. The standard InChI is InChI=1S/C13H17NO/c1-4-7-15-13-6-5-11(10(2)3)8-12(13)9-14/h5-6,8,10H,4,7H2,1-3H3. The lowest BCUT2D eigenvalue weighted by molar-refractivity contribution is 0.316. The van der Waals surface area contributed by atoms with Gasteiger partial charge in [-0.2, -0.15) is 5.26 Å². The van der Waals surface area contributed by atoms with Gasteiger partial charge in [0.05, 0.1) is 12.2 Å². The molecule has 0 fully saturated rings. The molecule has 0 atom stereocenters. The number of nitrogens with zero attached hydrogens (tertiary/aromatic N) is 1. The summed E-state index contributed by atoms with van der Waals surface area (Å²) in [5.41, 5.74) is 1.81. The Bertz CT molecular complexity index is 363. The van der Waals surface area contributed by atoms with Crippen molar-refractivity contribution in [3.8, 4) is 11.8 Å². The predicted octanol–water partition coefficient (Wildman–Crippen LogP) is 3.47. The molecule has 80 valence electrons. The van der Waals surface area contributed by atoms with E-state index in [4.69, 9.17) is 10.00 Å². The third-order valence-corrected chi connectivity index (χ3v) is 2.25. The summed E-state index contributed by atoms with van der Waals surface area (Å²) in [6, 6.07) is 8.00. The average molecular weight is 203 g/mol. The number of hydrogen-bond donors (Lipinski definition) is 0. The van der Waals surface area contributed by atoms with Crippen molar-refractivity contribution >= 4 is 0 Å². The summed E-state index contributed by atoms with van der Waals surface area (Å²) in [5.74, 6) is 1.14. The lowest BCUT2D eigenvalue weighted by atomic mass is 10.0. The molecule has 0 heterocycles. The van der Waals surface area contributed by atoms with E-state index < -0.39 is 0 Å². The van der Waals surface area contributed by atoms with Crippen molar-refractivity contribution in [2.75, 3.05) is 6.61 Å². The molecule has 1 rings (SSSR count). The highest BCUT2D eigenvalue weighted by atomic mass is 16.5. The van der Waals surface area contributed by atoms with Gasteiger partial charge in [-0.3, -0.25) is 0 Å². The second-order valence-electron chi connectivity index (χ2n) is 3.87. The molecule has 1 aromatic rings. The topological polar surface area (TPSA) is 33.0 Å². The molecule has 0 aliphatic heterocycles. The molecular formula is C13H17NO. The fourth-order valence-electron chi connectivity index (χ4n) is 1.33. The summed E-state index contributed by atoms with van der Waals surface area (Å²) in [4.78, 5) is 0. The van der Waals surface area contributed by atoms with Gasteiger partial charge in [-0.15, -0.1) is 0 Å². The van der Waals surface area contributed by atoms with E-state index in [2.05, 4.69) is 26.8 Å². The largest absolute Gasteiger partial charge is 0.492 e. The molecule has 0 saturated carbocycles. The SMILES string of the molecule is CCCOc1ccc(C(C)C)cc1C#N. The van der Waals surface area contributed by atoms with Crippen LogP contribution in [0.15, 0.2) is 18.2 Å². The first kappa shape index (κ1) is 11.6. The quantitative estimate of drug-likeness (QED) is 0.750. The normalized spacial score (nSPS) is 10.1. The molecule has 2 nitrogen and oxygen atoms in total. The lowest BCUT2D eigenvalue weighted by Crippen LogP contribution is -1.98. The molecule has 0 saturated heterocycles. The number of ether oxygens (including phenoxy) is 1. The Kier molecular flexibility index (Phi) is 4.17. The predicted molar refractivity (Wildman–Crippen MR) is 61.0 cm³/mol. The summed E-state index contributed by atoms with van der Waals surface area (Å²) in [6.07, 6.45) is 0.955. The minimum Gasteiger partial charge on any atom is -0.492 e. The molecule has 0 amide bonds. The zero-order chi connectivity index (χ0) is 11.3. The van der Waals surface area contributed by atoms with Crippen LogP contribution in [-0.2, 0) is 0 Å².